The molecule has 2 rings (SSSR count). The molecule has 1 heterocycles. The van der Waals surface area contributed by atoms with Gasteiger partial charge in [-0.3, -0.25) is 14.9 Å². The van der Waals surface area contributed by atoms with E-state index in [2.05, 4.69) is 15.4 Å². The van der Waals surface area contributed by atoms with Crippen LogP contribution in [0.25, 0.3) is 5.69 Å². The van der Waals surface area contributed by atoms with E-state index in [1.165, 1.54) is 29.5 Å². The van der Waals surface area contributed by atoms with Crippen molar-refractivity contribution in [3.63, 3.8) is 0 Å². The van der Waals surface area contributed by atoms with Crippen LogP contribution >= 0.6 is 0 Å². The Balaban J connectivity index is 2.27. The quantitative estimate of drug-likeness (QED) is 0.545. The highest BCUT2D eigenvalue weighted by Gasteiger charge is 2.23. The van der Waals surface area contributed by atoms with Gasteiger partial charge >= 0.3 is 5.97 Å². The maximum Gasteiger partial charge on any atom is 0.326 e. The van der Waals surface area contributed by atoms with Gasteiger partial charge in [0.15, 0.2) is 0 Å². The highest BCUT2D eigenvalue weighted by molar-refractivity contribution is 5.97. The van der Waals surface area contributed by atoms with Crippen LogP contribution in [-0.4, -0.2) is 42.7 Å². The number of nitrogens with one attached hydrogen (secondary N) is 1. The zero-order valence-corrected chi connectivity index (χ0v) is 13.5. The summed E-state index contributed by atoms with van der Waals surface area (Å²) in [6.45, 7) is 1.91. The Morgan fingerprint density at radius 2 is 2.20 bits per heavy atom. The number of aliphatic carboxylic acids is 1. The molecule has 0 aliphatic heterocycles. The van der Waals surface area contributed by atoms with Gasteiger partial charge in [-0.15, -0.1) is 0 Å². The van der Waals surface area contributed by atoms with Crippen molar-refractivity contribution in [3.05, 3.63) is 46.5 Å². The third-order valence-electron chi connectivity index (χ3n) is 3.55. The number of unbranched alkanes of at least 4 members (excludes halogenated alkanes) is 1. The fourth-order valence-corrected chi connectivity index (χ4v) is 2.24. The van der Waals surface area contributed by atoms with Crippen molar-refractivity contribution in [1.82, 2.24) is 20.1 Å². The average molecular weight is 347 g/mol. The predicted octanol–water partition coefficient (Wildman–Crippen LogP) is 1.55. The standard InChI is InChI=1S/C15H17N5O5/c1-2-3-4-11(15(22)23)18-14(21)10-5-6-12(13(7-10)20(24)25)19-9-16-8-17-19/h5-9,11H,2-4H2,1H3,(H,18,21)(H,22,23)/t11-/m0/s1. The predicted molar refractivity (Wildman–Crippen MR) is 86.4 cm³/mol. The zero-order chi connectivity index (χ0) is 18.4. The minimum Gasteiger partial charge on any atom is -0.480 e. The molecule has 10 heteroatoms. The van der Waals surface area contributed by atoms with E-state index in [1.54, 1.807) is 0 Å². The number of hydrogen-bond donors (Lipinski definition) is 2. The number of carboxylic acids is 1. The number of aromatic nitrogens is 3. The van der Waals surface area contributed by atoms with Crippen LogP contribution in [0.5, 0.6) is 0 Å². The van der Waals surface area contributed by atoms with E-state index >= 15 is 0 Å². The highest BCUT2D eigenvalue weighted by Crippen LogP contribution is 2.23. The summed E-state index contributed by atoms with van der Waals surface area (Å²) >= 11 is 0. The lowest BCUT2D eigenvalue weighted by Gasteiger charge is -2.14. The van der Waals surface area contributed by atoms with Crippen LogP contribution < -0.4 is 5.32 Å². The molecule has 1 aromatic carbocycles. The summed E-state index contributed by atoms with van der Waals surface area (Å²) in [7, 11) is 0. The second-order valence-electron chi connectivity index (χ2n) is 5.31. The molecule has 1 amide bonds. The summed E-state index contributed by atoms with van der Waals surface area (Å²) in [5.74, 6) is -1.83. The fraction of sp³-hybridized carbons (Fsp3) is 0.333. The average Bonchev–Trinajstić information content (AvgIpc) is 3.11. The molecule has 1 aromatic heterocycles. The first-order valence-corrected chi connectivity index (χ1v) is 7.61. The SMILES string of the molecule is CCCC[C@H](NC(=O)c1ccc(-n2cncn2)c([N+](=O)[O-])c1)C(=O)O. The first-order valence-electron chi connectivity index (χ1n) is 7.61. The maximum absolute atomic E-state index is 12.3. The molecule has 25 heavy (non-hydrogen) atoms. The number of carbonyl (C=O) groups excluding carboxylic acids is 1. The van der Waals surface area contributed by atoms with Crippen LogP contribution in [0, 0.1) is 10.1 Å². The number of benzene rings is 1. The minimum absolute atomic E-state index is 0.00156. The zero-order valence-electron chi connectivity index (χ0n) is 13.5. The second-order valence-corrected chi connectivity index (χ2v) is 5.31. The number of nitrogens with zero attached hydrogens (tertiary/aromatic N) is 4. The molecule has 0 radical (unpaired) electrons. The van der Waals surface area contributed by atoms with Crippen molar-refractivity contribution in [2.24, 2.45) is 0 Å². The van der Waals surface area contributed by atoms with E-state index in [9.17, 15) is 19.7 Å². The molecule has 0 spiro atoms. The van der Waals surface area contributed by atoms with Crippen molar-refractivity contribution in [2.45, 2.75) is 32.2 Å². The summed E-state index contributed by atoms with van der Waals surface area (Å²) < 4.78 is 1.21. The Labute approximate surface area is 142 Å². The molecule has 1 atom stereocenters. The van der Waals surface area contributed by atoms with Gasteiger partial charge in [0, 0.05) is 11.6 Å². The van der Waals surface area contributed by atoms with Gasteiger partial charge in [-0.25, -0.2) is 14.5 Å². The molecule has 2 aromatic rings. The minimum atomic E-state index is -1.14. The number of hydrogen-bond acceptors (Lipinski definition) is 6. The van der Waals surface area contributed by atoms with Crippen molar-refractivity contribution in [2.75, 3.05) is 0 Å². The number of rotatable bonds is 8. The first kappa shape index (κ1) is 18.0. The molecule has 0 aliphatic rings. The topological polar surface area (TPSA) is 140 Å². The Morgan fingerprint density at radius 1 is 1.44 bits per heavy atom. The summed E-state index contributed by atoms with van der Waals surface area (Å²) in [6.07, 6.45) is 4.25. The fourth-order valence-electron chi connectivity index (χ4n) is 2.24. The molecule has 0 unspecified atom stereocenters. The lowest BCUT2D eigenvalue weighted by molar-refractivity contribution is -0.384. The van der Waals surface area contributed by atoms with E-state index in [0.29, 0.717) is 6.42 Å². The van der Waals surface area contributed by atoms with Gasteiger partial charge in [-0.2, -0.15) is 5.10 Å². The molecule has 0 saturated heterocycles. The Kier molecular flexibility index (Phi) is 5.77. The van der Waals surface area contributed by atoms with E-state index in [4.69, 9.17) is 5.11 Å². The lowest BCUT2D eigenvalue weighted by atomic mass is 10.1. The van der Waals surface area contributed by atoms with Gasteiger partial charge in [0.05, 0.1) is 4.92 Å². The molecule has 10 nitrogen and oxygen atoms in total. The van der Waals surface area contributed by atoms with Crippen LogP contribution in [0.4, 0.5) is 5.69 Å². The molecule has 132 valence electrons. The normalized spacial score (nSPS) is 11.7. The van der Waals surface area contributed by atoms with Crippen LogP contribution in [0.1, 0.15) is 36.5 Å². The molecular weight excluding hydrogens is 330 g/mol. The van der Waals surface area contributed by atoms with Gasteiger partial charge < -0.3 is 10.4 Å². The number of carboxylic acid groups (broad SMARTS) is 1. The number of nitro benzene ring substituents is 1. The second kappa shape index (κ2) is 7.99. The van der Waals surface area contributed by atoms with Crippen LogP contribution in [0.2, 0.25) is 0 Å². The van der Waals surface area contributed by atoms with Crippen molar-refractivity contribution < 1.29 is 19.6 Å². The highest BCUT2D eigenvalue weighted by atomic mass is 16.6. The first-order chi connectivity index (χ1) is 11.9. The summed E-state index contributed by atoms with van der Waals surface area (Å²) in [5, 5.41) is 26.7. The van der Waals surface area contributed by atoms with Crippen molar-refractivity contribution in [1.29, 1.82) is 0 Å². The molecule has 0 aliphatic carbocycles. The maximum atomic E-state index is 12.3. The smallest absolute Gasteiger partial charge is 0.326 e. The van der Waals surface area contributed by atoms with Gasteiger partial charge in [-0.1, -0.05) is 19.8 Å². The van der Waals surface area contributed by atoms with Crippen molar-refractivity contribution in [3.8, 4) is 5.69 Å². The third-order valence-corrected chi connectivity index (χ3v) is 3.55. The molecular formula is C15H17N5O5. The number of amides is 1. The molecule has 0 fully saturated rings. The number of nitro groups is 1. The summed E-state index contributed by atoms with van der Waals surface area (Å²) in [6, 6.07) is 2.79. The van der Waals surface area contributed by atoms with Crippen molar-refractivity contribution >= 4 is 17.6 Å². The third kappa shape index (κ3) is 4.37. The largest absolute Gasteiger partial charge is 0.480 e. The molecule has 2 N–H and O–H groups in total. The van der Waals surface area contributed by atoms with Crippen LogP contribution in [0.15, 0.2) is 30.9 Å². The van der Waals surface area contributed by atoms with Gasteiger partial charge in [-0.05, 0) is 18.6 Å². The lowest BCUT2D eigenvalue weighted by Crippen LogP contribution is -2.40. The molecule has 0 bridgehead atoms. The van der Waals surface area contributed by atoms with Gasteiger partial charge in [0.2, 0.25) is 0 Å². The monoisotopic (exact) mass is 347 g/mol. The van der Waals surface area contributed by atoms with Crippen LogP contribution in [0.3, 0.4) is 0 Å². The Morgan fingerprint density at radius 3 is 2.76 bits per heavy atom. The van der Waals surface area contributed by atoms with Gasteiger partial charge in [0.1, 0.15) is 24.4 Å². The van der Waals surface area contributed by atoms with E-state index < -0.39 is 22.8 Å². The summed E-state index contributed by atoms with van der Waals surface area (Å²) in [4.78, 5) is 37.8. The van der Waals surface area contributed by atoms with E-state index in [1.807, 2.05) is 6.92 Å². The Hall–Kier alpha value is -3.30. The van der Waals surface area contributed by atoms with Crippen LogP contribution in [-0.2, 0) is 4.79 Å². The van der Waals surface area contributed by atoms with Gasteiger partial charge in [0.25, 0.3) is 11.6 Å². The van der Waals surface area contributed by atoms with E-state index in [0.717, 1.165) is 12.5 Å². The Bertz CT molecular complexity index is 775. The van der Waals surface area contributed by atoms with E-state index in [-0.39, 0.29) is 23.4 Å². The number of carbonyl (C=O) groups is 2. The summed E-state index contributed by atoms with van der Waals surface area (Å²) in [5.41, 5.74) is -0.184. The molecule has 0 saturated carbocycles.